The minimum atomic E-state index is -4.48. The molecule has 0 spiro atoms. The first-order valence-electron chi connectivity index (χ1n) is 10.2. The molecule has 184 valence electrons. The molecule has 1 aromatic rings. The summed E-state index contributed by atoms with van der Waals surface area (Å²) in [5.74, 6) is 0. The van der Waals surface area contributed by atoms with E-state index < -0.39 is 33.4 Å². The molecule has 0 radical (unpaired) electrons. The summed E-state index contributed by atoms with van der Waals surface area (Å²) in [6, 6.07) is 2.26. The van der Waals surface area contributed by atoms with Crippen molar-refractivity contribution in [3.63, 3.8) is 0 Å². The lowest BCUT2D eigenvalue weighted by molar-refractivity contribution is -0.0775. The van der Waals surface area contributed by atoms with Crippen LogP contribution in [0.5, 0.6) is 0 Å². The number of nitrogens with zero attached hydrogens (tertiary/aromatic N) is 1. The van der Waals surface area contributed by atoms with E-state index in [9.17, 15) is 12.8 Å². The third kappa shape index (κ3) is 9.67. The number of unbranched alkanes of at least 4 members (excludes halogenated alkanes) is 2. The van der Waals surface area contributed by atoms with E-state index in [1.165, 1.54) is 13.2 Å². The maximum Gasteiger partial charge on any atom is 0.298 e. The molecular weight excluding hydrogens is 508 g/mol. The van der Waals surface area contributed by atoms with Crippen LogP contribution in [0.15, 0.2) is 22.2 Å². The monoisotopic (exact) mass is 535 g/mol. The van der Waals surface area contributed by atoms with Crippen LogP contribution in [-0.4, -0.2) is 59.9 Å². The third-order valence-corrected chi connectivity index (χ3v) is 6.74. The summed E-state index contributed by atoms with van der Waals surface area (Å²) in [7, 11) is -3.22. The number of oxime groups is 1. The largest absolute Gasteiger partial charge is 0.399 e. The van der Waals surface area contributed by atoms with Crippen molar-refractivity contribution in [3.05, 3.63) is 27.2 Å². The van der Waals surface area contributed by atoms with Gasteiger partial charge in [0.1, 0.15) is 24.2 Å². The minimum Gasteiger partial charge on any atom is -0.399 e. The molecule has 0 aliphatic heterocycles. The number of benzene rings is 1. The summed E-state index contributed by atoms with van der Waals surface area (Å²) >= 11 is 17.9. The fourth-order valence-electron chi connectivity index (χ4n) is 2.51. The van der Waals surface area contributed by atoms with E-state index in [0.717, 1.165) is 31.5 Å². The Morgan fingerprint density at radius 1 is 1.06 bits per heavy atom. The first-order chi connectivity index (χ1) is 15.2. The molecule has 0 aromatic heterocycles. The van der Waals surface area contributed by atoms with Crippen molar-refractivity contribution in [1.82, 2.24) is 0 Å². The summed E-state index contributed by atoms with van der Waals surface area (Å²) in [6.45, 7) is 4.20. The molecule has 32 heavy (non-hydrogen) atoms. The predicted molar refractivity (Wildman–Crippen MR) is 124 cm³/mol. The lowest BCUT2D eigenvalue weighted by atomic mass is 10.1. The van der Waals surface area contributed by atoms with Gasteiger partial charge in [0.15, 0.2) is 6.17 Å². The van der Waals surface area contributed by atoms with Crippen LogP contribution >= 0.6 is 34.8 Å². The normalized spacial score (nSPS) is 15.1. The predicted octanol–water partition coefficient (Wildman–Crippen LogP) is 5.69. The molecule has 0 aliphatic carbocycles. The Kier molecular flexibility index (Phi) is 14.0. The van der Waals surface area contributed by atoms with Crippen molar-refractivity contribution in [2.45, 2.75) is 62.8 Å². The number of hydrogen-bond donors (Lipinski definition) is 0. The van der Waals surface area contributed by atoms with Crippen LogP contribution in [0.4, 0.5) is 4.39 Å². The van der Waals surface area contributed by atoms with Gasteiger partial charge in [-0.3, -0.25) is 4.18 Å². The lowest BCUT2D eigenvalue weighted by Crippen LogP contribution is -2.44. The maximum absolute atomic E-state index is 14.9. The highest BCUT2D eigenvalue weighted by atomic mass is 35.5. The summed E-state index contributed by atoms with van der Waals surface area (Å²) in [6.07, 6.45) is -0.584. The van der Waals surface area contributed by atoms with E-state index in [4.69, 9.17) is 48.5 Å². The van der Waals surface area contributed by atoms with Crippen LogP contribution < -0.4 is 0 Å². The molecule has 0 saturated heterocycles. The molecule has 12 heteroatoms. The fourth-order valence-corrected chi connectivity index (χ4v) is 4.55. The molecule has 1 rings (SSSR count). The summed E-state index contributed by atoms with van der Waals surface area (Å²) in [5, 5.41) is 3.29. The summed E-state index contributed by atoms with van der Waals surface area (Å²) < 4.78 is 57.5. The number of rotatable bonds is 16. The van der Waals surface area contributed by atoms with Crippen LogP contribution in [0.1, 0.15) is 39.5 Å². The Morgan fingerprint density at radius 2 is 1.69 bits per heavy atom. The number of alkyl halides is 1. The number of ether oxygens (including phenoxy) is 2. The average Bonchev–Trinajstić information content (AvgIpc) is 2.74. The zero-order chi connectivity index (χ0) is 24.1. The molecule has 3 atom stereocenters. The summed E-state index contributed by atoms with van der Waals surface area (Å²) in [4.78, 5) is 4.13. The topological polar surface area (TPSA) is 83.4 Å². The van der Waals surface area contributed by atoms with Gasteiger partial charge in [-0.1, -0.05) is 66.6 Å². The van der Waals surface area contributed by atoms with Gasteiger partial charge in [0.25, 0.3) is 10.1 Å². The Labute approximate surface area is 204 Å². The first kappa shape index (κ1) is 29.4. The van der Waals surface area contributed by atoms with E-state index in [1.807, 2.05) is 13.8 Å². The second-order valence-electron chi connectivity index (χ2n) is 6.78. The molecule has 0 N–H and O–H groups in total. The van der Waals surface area contributed by atoms with Crippen molar-refractivity contribution < 1.29 is 31.3 Å². The molecule has 0 amide bonds. The Balaban J connectivity index is 3.25. The van der Waals surface area contributed by atoms with Gasteiger partial charge in [-0.2, -0.15) is 8.42 Å². The molecular formula is C20H29Cl3FNO6S. The zero-order valence-electron chi connectivity index (χ0n) is 18.2. The van der Waals surface area contributed by atoms with Crippen LogP contribution in [0, 0.1) is 0 Å². The second-order valence-corrected chi connectivity index (χ2v) is 9.55. The van der Waals surface area contributed by atoms with E-state index in [0.29, 0.717) is 13.0 Å². The molecule has 0 heterocycles. The van der Waals surface area contributed by atoms with Gasteiger partial charge in [-0.25, -0.2) is 4.39 Å². The molecule has 1 aromatic carbocycles. The zero-order valence-corrected chi connectivity index (χ0v) is 21.3. The van der Waals surface area contributed by atoms with E-state index in [2.05, 4.69) is 9.99 Å². The molecule has 0 bridgehead atoms. The van der Waals surface area contributed by atoms with Crippen molar-refractivity contribution in [2.24, 2.45) is 5.16 Å². The van der Waals surface area contributed by atoms with Crippen molar-refractivity contribution in [2.75, 3.05) is 26.9 Å². The SMILES string of the molecule is CCCCOC[C@@H](OS(=O)(=O)c1cc(Cl)c(Cl)cc1Cl)[C@@H](OCCCC)[C@H](F)/C=N/OC. The van der Waals surface area contributed by atoms with Crippen LogP contribution in [0.2, 0.25) is 15.1 Å². The minimum absolute atomic E-state index is 0.0275. The third-order valence-electron chi connectivity index (χ3n) is 4.22. The van der Waals surface area contributed by atoms with Crippen LogP contribution in [0.3, 0.4) is 0 Å². The highest BCUT2D eigenvalue weighted by Gasteiger charge is 2.36. The summed E-state index contributed by atoms with van der Waals surface area (Å²) in [5.41, 5.74) is 0. The molecule has 7 nitrogen and oxygen atoms in total. The van der Waals surface area contributed by atoms with Gasteiger partial charge in [-0.05, 0) is 25.0 Å². The Morgan fingerprint density at radius 3 is 2.31 bits per heavy atom. The van der Waals surface area contributed by atoms with Gasteiger partial charge in [-0.15, -0.1) is 0 Å². The van der Waals surface area contributed by atoms with Gasteiger partial charge >= 0.3 is 0 Å². The van der Waals surface area contributed by atoms with Crippen molar-refractivity contribution in [1.29, 1.82) is 0 Å². The average molecular weight is 537 g/mol. The van der Waals surface area contributed by atoms with Crippen molar-refractivity contribution >= 4 is 51.1 Å². The van der Waals surface area contributed by atoms with Gasteiger partial charge in [0.05, 0.1) is 27.9 Å². The molecule has 0 fully saturated rings. The smallest absolute Gasteiger partial charge is 0.298 e. The van der Waals surface area contributed by atoms with E-state index in [1.54, 1.807) is 0 Å². The van der Waals surface area contributed by atoms with Crippen LogP contribution in [-0.2, 0) is 28.6 Å². The Hall–Kier alpha value is -0.680. The lowest BCUT2D eigenvalue weighted by Gasteiger charge is -2.28. The number of halogens is 4. The highest BCUT2D eigenvalue weighted by Crippen LogP contribution is 2.33. The van der Waals surface area contributed by atoms with Gasteiger partial charge in [0, 0.05) is 13.2 Å². The standard InChI is InChI=1S/C20H29Cl3FNO6S/c1-4-6-8-29-13-18(20(30-9-7-5-2)17(24)12-25-28-3)31-32(26,27)19-11-15(22)14(21)10-16(19)23/h10-12,17-18,20H,4-9,13H2,1-3H3/b25-12+/t17-,18-,20+/m1/s1. The van der Waals surface area contributed by atoms with Crippen molar-refractivity contribution in [3.8, 4) is 0 Å². The maximum atomic E-state index is 14.9. The number of hydrogen-bond acceptors (Lipinski definition) is 7. The second kappa shape index (κ2) is 15.3. The molecule has 0 unspecified atom stereocenters. The fraction of sp³-hybridized carbons (Fsp3) is 0.650. The van der Waals surface area contributed by atoms with Gasteiger partial charge in [0.2, 0.25) is 0 Å². The molecule has 0 aliphatic rings. The van der Waals surface area contributed by atoms with Crippen LogP contribution in [0.25, 0.3) is 0 Å². The molecule has 0 saturated carbocycles. The quantitative estimate of drug-likeness (QED) is 0.0887. The first-order valence-corrected chi connectivity index (χ1v) is 12.7. The van der Waals surface area contributed by atoms with Gasteiger partial charge < -0.3 is 14.3 Å². The van der Waals surface area contributed by atoms with E-state index in [-0.39, 0.29) is 28.3 Å². The highest BCUT2D eigenvalue weighted by molar-refractivity contribution is 7.87. The van der Waals surface area contributed by atoms with E-state index >= 15 is 0 Å². The Bertz CT molecular complexity index is 828.